The van der Waals surface area contributed by atoms with E-state index in [1.165, 1.54) is 12.8 Å². The summed E-state index contributed by atoms with van der Waals surface area (Å²) >= 11 is 0. The molecule has 0 aromatic heterocycles. The van der Waals surface area contributed by atoms with Crippen molar-refractivity contribution in [1.29, 1.82) is 0 Å². The molecule has 1 aliphatic heterocycles. The summed E-state index contributed by atoms with van der Waals surface area (Å²) in [5.41, 5.74) is 0. The Hall–Kier alpha value is -0.610. The van der Waals surface area contributed by atoms with Crippen LogP contribution in [0.5, 0.6) is 0 Å². The molecule has 4 nitrogen and oxygen atoms in total. The quantitative estimate of drug-likeness (QED) is 0.699. The molecule has 0 atom stereocenters. The van der Waals surface area contributed by atoms with Gasteiger partial charge in [0.15, 0.2) is 0 Å². The SMILES string of the molecule is CNC(=O)COCC1CCN(C)CC1. The van der Waals surface area contributed by atoms with Gasteiger partial charge in [-0.25, -0.2) is 0 Å². The molecule has 1 saturated heterocycles. The second kappa shape index (κ2) is 5.98. The lowest BCUT2D eigenvalue weighted by Gasteiger charge is -2.28. The third-order valence-corrected chi connectivity index (χ3v) is 2.70. The Morgan fingerprint density at radius 3 is 2.71 bits per heavy atom. The first-order valence-electron chi connectivity index (χ1n) is 5.19. The van der Waals surface area contributed by atoms with E-state index in [0.29, 0.717) is 5.92 Å². The van der Waals surface area contributed by atoms with Gasteiger partial charge in [0.2, 0.25) is 5.91 Å². The molecule has 1 rings (SSSR count). The van der Waals surface area contributed by atoms with E-state index in [2.05, 4.69) is 17.3 Å². The molecule has 1 amide bonds. The molecule has 1 fully saturated rings. The van der Waals surface area contributed by atoms with Gasteiger partial charge in [-0.3, -0.25) is 4.79 Å². The largest absolute Gasteiger partial charge is 0.371 e. The monoisotopic (exact) mass is 200 g/mol. The van der Waals surface area contributed by atoms with Gasteiger partial charge in [0.25, 0.3) is 0 Å². The maximum Gasteiger partial charge on any atom is 0.245 e. The zero-order valence-corrected chi connectivity index (χ0v) is 9.08. The van der Waals surface area contributed by atoms with Crippen LogP contribution in [0.4, 0.5) is 0 Å². The topological polar surface area (TPSA) is 41.6 Å². The summed E-state index contributed by atoms with van der Waals surface area (Å²) in [5.74, 6) is 0.591. The molecule has 82 valence electrons. The Labute approximate surface area is 85.6 Å². The molecule has 0 unspecified atom stereocenters. The molecule has 0 saturated carbocycles. The smallest absolute Gasteiger partial charge is 0.245 e. The van der Waals surface area contributed by atoms with Crippen LogP contribution in [0.2, 0.25) is 0 Å². The van der Waals surface area contributed by atoms with Crippen molar-refractivity contribution in [1.82, 2.24) is 10.2 Å². The van der Waals surface area contributed by atoms with Gasteiger partial charge in [-0.2, -0.15) is 0 Å². The summed E-state index contributed by atoms with van der Waals surface area (Å²) in [5, 5.41) is 2.54. The summed E-state index contributed by atoms with van der Waals surface area (Å²) in [6.07, 6.45) is 2.37. The lowest BCUT2D eigenvalue weighted by Crippen LogP contribution is -2.33. The van der Waals surface area contributed by atoms with Gasteiger partial charge in [-0.1, -0.05) is 0 Å². The molecule has 0 radical (unpaired) electrons. The van der Waals surface area contributed by atoms with E-state index in [-0.39, 0.29) is 12.5 Å². The first-order chi connectivity index (χ1) is 6.72. The Morgan fingerprint density at radius 2 is 2.14 bits per heavy atom. The second-order valence-electron chi connectivity index (χ2n) is 3.93. The third kappa shape index (κ3) is 4.07. The maximum absolute atomic E-state index is 10.9. The van der Waals surface area contributed by atoms with Crippen LogP contribution in [0.15, 0.2) is 0 Å². The Kier molecular flexibility index (Phi) is 4.90. The van der Waals surface area contributed by atoms with Gasteiger partial charge in [0.05, 0.1) is 6.61 Å². The van der Waals surface area contributed by atoms with Gasteiger partial charge in [0, 0.05) is 7.05 Å². The summed E-state index contributed by atoms with van der Waals surface area (Å²) in [6.45, 7) is 3.21. The zero-order chi connectivity index (χ0) is 10.4. The molecule has 0 aliphatic carbocycles. The molecular formula is C10H20N2O2. The molecule has 0 bridgehead atoms. The first kappa shape index (κ1) is 11.5. The molecule has 4 heteroatoms. The van der Waals surface area contributed by atoms with Crippen LogP contribution in [0.25, 0.3) is 0 Å². The summed E-state index contributed by atoms with van der Waals surface area (Å²) < 4.78 is 5.33. The number of carbonyl (C=O) groups excluding carboxylic acids is 1. The number of piperidine rings is 1. The summed E-state index contributed by atoms with van der Waals surface area (Å²) in [6, 6.07) is 0. The van der Waals surface area contributed by atoms with Crippen LogP contribution in [0.1, 0.15) is 12.8 Å². The zero-order valence-electron chi connectivity index (χ0n) is 9.08. The van der Waals surface area contributed by atoms with Crippen molar-refractivity contribution >= 4 is 5.91 Å². The molecule has 1 heterocycles. The van der Waals surface area contributed by atoms with Crippen molar-refractivity contribution < 1.29 is 9.53 Å². The van der Waals surface area contributed by atoms with Gasteiger partial charge in [0.1, 0.15) is 6.61 Å². The van der Waals surface area contributed by atoms with Gasteiger partial charge >= 0.3 is 0 Å². The molecule has 0 aromatic rings. The molecule has 0 spiro atoms. The second-order valence-corrected chi connectivity index (χ2v) is 3.93. The van der Waals surface area contributed by atoms with Crippen molar-refractivity contribution in [3.05, 3.63) is 0 Å². The minimum atomic E-state index is -0.0436. The molecule has 0 aromatic carbocycles. The van der Waals surface area contributed by atoms with Crippen LogP contribution in [-0.4, -0.2) is 51.2 Å². The van der Waals surface area contributed by atoms with E-state index in [1.54, 1.807) is 7.05 Å². The van der Waals surface area contributed by atoms with E-state index >= 15 is 0 Å². The number of likely N-dealkylation sites (tertiary alicyclic amines) is 1. The van der Waals surface area contributed by atoms with E-state index in [4.69, 9.17) is 4.74 Å². The van der Waals surface area contributed by atoms with Crippen molar-refractivity contribution in [3.8, 4) is 0 Å². The number of hydrogen-bond donors (Lipinski definition) is 1. The van der Waals surface area contributed by atoms with Crippen molar-refractivity contribution in [3.63, 3.8) is 0 Å². The Balaban J connectivity index is 2.04. The van der Waals surface area contributed by atoms with E-state index in [9.17, 15) is 4.79 Å². The average molecular weight is 200 g/mol. The summed E-state index contributed by atoms with van der Waals surface area (Å²) in [7, 11) is 3.77. The van der Waals surface area contributed by atoms with E-state index in [1.807, 2.05) is 0 Å². The number of carbonyl (C=O) groups is 1. The van der Waals surface area contributed by atoms with Crippen molar-refractivity contribution in [2.45, 2.75) is 12.8 Å². The van der Waals surface area contributed by atoms with Crippen LogP contribution in [-0.2, 0) is 9.53 Å². The first-order valence-corrected chi connectivity index (χ1v) is 5.19. The minimum absolute atomic E-state index is 0.0436. The fourth-order valence-corrected chi connectivity index (χ4v) is 1.62. The molecular weight excluding hydrogens is 180 g/mol. The third-order valence-electron chi connectivity index (χ3n) is 2.70. The molecule has 14 heavy (non-hydrogen) atoms. The predicted molar refractivity (Wildman–Crippen MR) is 55.1 cm³/mol. The number of amides is 1. The highest BCUT2D eigenvalue weighted by atomic mass is 16.5. The van der Waals surface area contributed by atoms with Gasteiger partial charge < -0.3 is 15.0 Å². The van der Waals surface area contributed by atoms with Crippen LogP contribution < -0.4 is 5.32 Å². The number of ether oxygens (including phenoxy) is 1. The standard InChI is InChI=1S/C10H20N2O2/c1-11-10(13)8-14-7-9-3-5-12(2)6-4-9/h9H,3-8H2,1-2H3,(H,11,13). The van der Waals surface area contributed by atoms with Crippen LogP contribution in [0, 0.1) is 5.92 Å². The van der Waals surface area contributed by atoms with Crippen LogP contribution in [0.3, 0.4) is 0 Å². The van der Waals surface area contributed by atoms with E-state index < -0.39 is 0 Å². The highest BCUT2D eigenvalue weighted by molar-refractivity contribution is 5.76. The van der Waals surface area contributed by atoms with Gasteiger partial charge in [-0.05, 0) is 38.9 Å². The Bertz CT molecular complexity index is 177. The maximum atomic E-state index is 10.9. The Morgan fingerprint density at radius 1 is 1.50 bits per heavy atom. The lowest BCUT2D eigenvalue weighted by molar-refractivity contribution is -0.125. The fraction of sp³-hybridized carbons (Fsp3) is 0.900. The van der Waals surface area contributed by atoms with Crippen molar-refractivity contribution in [2.75, 3.05) is 40.4 Å². The number of rotatable bonds is 4. The highest BCUT2D eigenvalue weighted by Crippen LogP contribution is 2.15. The molecule has 1 aliphatic rings. The van der Waals surface area contributed by atoms with E-state index in [0.717, 1.165) is 19.7 Å². The number of nitrogens with zero attached hydrogens (tertiary/aromatic N) is 1. The predicted octanol–water partition coefficient (Wildman–Crippen LogP) is 0.0908. The van der Waals surface area contributed by atoms with Crippen LogP contribution >= 0.6 is 0 Å². The number of nitrogens with one attached hydrogen (secondary N) is 1. The average Bonchev–Trinajstić information content (AvgIpc) is 2.21. The van der Waals surface area contributed by atoms with Gasteiger partial charge in [-0.15, -0.1) is 0 Å². The number of hydrogen-bond acceptors (Lipinski definition) is 3. The molecule has 1 N–H and O–H groups in total. The highest BCUT2D eigenvalue weighted by Gasteiger charge is 2.16. The fourth-order valence-electron chi connectivity index (χ4n) is 1.62. The summed E-state index contributed by atoms with van der Waals surface area (Å²) in [4.78, 5) is 13.2. The lowest BCUT2D eigenvalue weighted by atomic mass is 9.98. The van der Waals surface area contributed by atoms with Crippen molar-refractivity contribution in [2.24, 2.45) is 5.92 Å². The number of likely N-dealkylation sites (N-methyl/N-ethyl adjacent to an activating group) is 1. The normalized spacial score (nSPS) is 19.6. The minimum Gasteiger partial charge on any atom is -0.371 e.